The van der Waals surface area contributed by atoms with Gasteiger partial charge in [-0.1, -0.05) is 18.2 Å². The first-order valence-electron chi connectivity index (χ1n) is 6.15. The second-order valence-corrected chi connectivity index (χ2v) is 4.27. The molecule has 0 aliphatic carbocycles. The molecule has 0 amide bonds. The van der Waals surface area contributed by atoms with Crippen molar-refractivity contribution in [2.45, 2.75) is 13.5 Å². The summed E-state index contributed by atoms with van der Waals surface area (Å²) in [4.78, 5) is 1.84. The molecule has 4 heteroatoms. The van der Waals surface area contributed by atoms with Crippen molar-refractivity contribution in [1.82, 2.24) is 0 Å². The van der Waals surface area contributed by atoms with E-state index in [2.05, 4.69) is 0 Å². The van der Waals surface area contributed by atoms with Crippen LogP contribution in [0.25, 0.3) is 0 Å². The lowest BCUT2D eigenvalue weighted by Gasteiger charge is -2.25. The van der Waals surface area contributed by atoms with Crippen LogP contribution >= 0.6 is 0 Å². The molecule has 0 aliphatic rings. The Morgan fingerprint density at radius 2 is 1.63 bits per heavy atom. The van der Waals surface area contributed by atoms with E-state index in [9.17, 15) is 8.78 Å². The van der Waals surface area contributed by atoms with E-state index in [4.69, 9.17) is 5.73 Å². The molecule has 100 valence electrons. The molecule has 0 spiro atoms. The van der Waals surface area contributed by atoms with Crippen molar-refractivity contribution >= 4 is 11.4 Å². The quantitative estimate of drug-likeness (QED) is 0.853. The van der Waals surface area contributed by atoms with E-state index in [-0.39, 0.29) is 12.1 Å². The first-order chi connectivity index (χ1) is 9.13. The normalized spacial score (nSPS) is 10.5. The summed E-state index contributed by atoms with van der Waals surface area (Å²) in [7, 11) is 0. The van der Waals surface area contributed by atoms with Crippen LogP contribution in [-0.4, -0.2) is 6.54 Å². The van der Waals surface area contributed by atoms with Crippen LogP contribution in [0, 0.1) is 11.6 Å². The first kappa shape index (κ1) is 13.3. The first-order valence-corrected chi connectivity index (χ1v) is 6.15. The third-order valence-corrected chi connectivity index (χ3v) is 3.07. The number of nitrogens with zero attached hydrogens (tertiary/aromatic N) is 1. The Morgan fingerprint density at radius 3 is 2.21 bits per heavy atom. The Bertz CT molecular complexity index is 550. The van der Waals surface area contributed by atoms with Gasteiger partial charge in [-0.05, 0) is 31.2 Å². The number of hydrogen-bond donors (Lipinski definition) is 1. The number of rotatable bonds is 4. The second kappa shape index (κ2) is 5.69. The minimum Gasteiger partial charge on any atom is -0.397 e. The van der Waals surface area contributed by atoms with Crippen molar-refractivity contribution in [2.24, 2.45) is 0 Å². The summed E-state index contributed by atoms with van der Waals surface area (Å²) < 4.78 is 27.3. The van der Waals surface area contributed by atoms with Crippen molar-refractivity contribution < 1.29 is 8.78 Å². The minimum atomic E-state index is -0.534. The highest BCUT2D eigenvalue weighted by atomic mass is 19.1. The minimum absolute atomic E-state index is 0.0626. The van der Waals surface area contributed by atoms with Crippen LogP contribution in [0.3, 0.4) is 0 Å². The van der Waals surface area contributed by atoms with Gasteiger partial charge in [0.15, 0.2) is 0 Å². The standard InChI is InChI=1S/C15H16F2N2/c1-2-19(15-9-4-3-8-14(15)18)10-11-12(16)6-5-7-13(11)17/h3-9H,2,10,18H2,1H3. The number of para-hydroxylation sites is 2. The SMILES string of the molecule is CCN(Cc1c(F)cccc1F)c1ccccc1N. The molecule has 0 bridgehead atoms. The monoisotopic (exact) mass is 262 g/mol. The largest absolute Gasteiger partial charge is 0.397 e. The maximum atomic E-state index is 13.7. The zero-order valence-electron chi connectivity index (χ0n) is 10.7. The van der Waals surface area contributed by atoms with Gasteiger partial charge in [-0.25, -0.2) is 8.78 Å². The fraction of sp³-hybridized carbons (Fsp3) is 0.200. The lowest BCUT2D eigenvalue weighted by atomic mass is 10.1. The summed E-state index contributed by atoms with van der Waals surface area (Å²) in [5, 5.41) is 0. The van der Waals surface area contributed by atoms with Crippen LogP contribution in [0.4, 0.5) is 20.2 Å². The number of nitrogen functional groups attached to an aromatic ring is 1. The molecule has 0 heterocycles. The van der Waals surface area contributed by atoms with Crippen molar-refractivity contribution in [3.8, 4) is 0 Å². The summed E-state index contributed by atoms with van der Waals surface area (Å²) in [6.45, 7) is 2.69. The highest BCUT2D eigenvalue weighted by Gasteiger charge is 2.14. The number of halogens is 2. The Morgan fingerprint density at radius 1 is 1.00 bits per heavy atom. The van der Waals surface area contributed by atoms with Gasteiger partial charge in [0.2, 0.25) is 0 Å². The second-order valence-electron chi connectivity index (χ2n) is 4.27. The van der Waals surface area contributed by atoms with Gasteiger partial charge in [0.1, 0.15) is 11.6 Å². The molecule has 0 aliphatic heterocycles. The van der Waals surface area contributed by atoms with Gasteiger partial charge < -0.3 is 10.6 Å². The predicted molar refractivity (Wildman–Crippen MR) is 73.9 cm³/mol. The smallest absolute Gasteiger partial charge is 0.131 e. The molecule has 0 atom stereocenters. The Hall–Kier alpha value is -2.10. The van der Waals surface area contributed by atoms with E-state index in [1.165, 1.54) is 18.2 Å². The van der Waals surface area contributed by atoms with Crippen molar-refractivity contribution in [3.05, 3.63) is 59.7 Å². The van der Waals surface area contributed by atoms with Crippen LogP contribution in [0.2, 0.25) is 0 Å². The van der Waals surface area contributed by atoms with Crippen molar-refractivity contribution in [2.75, 3.05) is 17.2 Å². The average Bonchev–Trinajstić information content (AvgIpc) is 2.40. The lowest BCUT2D eigenvalue weighted by Crippen LogP contribution is -2.24. The molecule has 0 saturated heterocycles. The number of hydrogen-bond acceptors (Lipinski definition) is 2. The summed E-state index contributed by atoms with van der Waals surface area (Å²) in [5.74, 6) is -1.07. The highest BCUT2D eigenvalue weighted by molar-refractivity contribution is 5.67. The number of anilines is 2. The van der Waals surface area contributed by atoms with E-state index >= 15 is 0 Å². The average molecular weight is 262 g/mol. The van der Waals surface area contributed by atoms with Gasteiger partial charge in [0, 0.05) is 18.7 Å². The molecule has 0 aromatic heterocycles. The predicted octanol–water partition coefficient (Wildman–Crippen LogP) is 3.57. The fourth-order valence-electron chi connectivity index (χ4n) is 2.02. The van der Waals surface area contributed by atoms with E-state index in [1.807, 2.05) is 30.0 Å². The van der Waals surface area contributed by atoms with Gasteiger partial charge in [0.05, 0.1) is 11.4 Å². The van der Waals surface area contributed by atoms with E-state index in [0.717, 1.165) is 5.69 Å². The Balaban J connectivity index is 2.32. The number of benzene rings is 2. The molecule has 2 N–H and O–H groups in total. The molecule has 2 aromatic rings. The Kier molecular flexibility index (Phi) is 4.00. The zero-order chi connectivity index (χ0) is 13.8. The fourth-order valence-corrected chi connectivity index (χ4v) is 2.02. The van der Waals surface area contributed by atoms with Crippen molar-refractivity contribution in [1.29, 1.82) is 0 Å². The van der Waals surface area contributed by atoms with Crippen molar-refractivity contribution in [3.63, 3.8) is 0 Å². The molecule has 0 fully saturated rings. The van der Waals surface area contributed by atoms with Gasteiger partial charge in [-0.3, -0.25) is 0 Å². The number of nitrogens with two attached hydrogens (primary N) is 1. The topological polar surface area (TPSA) is 29.3 Å². The molecule has 2 rings (SSSR count). The van der Waals surface area contributed by atoms with E-state index in [1.54, 1.807) is 6.07 Å². The van der Waals surface area contributed by atoms with Gasteiger partial charge in [-0.2, -0.15) is 0 Å². The van der Waals surface area contributed by atoms with Crippen LogP contribution in [0.1, 0.15) is 12.5 Å². The van der Waals surface area contributed by atoms with Crippen LogP contribution < -0.4 is 10.6 Å². The molecular formula is C15H16F2N2. The maximum absolute atomic E-state index is 13.7. The molecule has 2 aromatic carbocycles. The third kappa shape index (κ3) is 2.84. The van der Waals surface area contributed by atoms with Crippen LogP contribution in [0.5, 0.6) is 0 Å². The molecule has 0 radical (unpaired) electrons. The van der Waals surface area contributed by atoms with E-state index < -0.39 is 11.6 Å². The molecule has 19 heavy (non-hydrogen) atoms. The molecular weight excluding hydrogens is 246 g/mol. The van der Waals surface area contributed by atoms with Crippen LogP contribution in [0.15, 0.2) is 42.5 Å². The lowest BCUT2D eigenvalue weighted by molar-refractivity contribution is 0.551. The van der Waals surface area contributed by atoms with Crippen LogP contribution in [-0.2, 0) is 6.54 Å². The maximum Gasteiger partial charge on any atom is 0.131 e. The summed E-state index contributed by atoms with van der Waals surface area (Å²) in [6, 6.07) is 11.2. The van der Waals surface area contributed by atoms with E-state index in [0.29, 0.717) is 12.2 Å². The molecule has 0 unspecified atom stereocenters. The Labute approximate surface area is 111 Å². The highest BCUT2D eigenvalue weighted by Crippen LogP contribution is 2.25. The third-order valence-electron chi connectivity index (χ3n) is 3.07. The molecule has 0 saturated carbocycles. The zero-order valence-corrected chi connectivity index (χ0v) is 10.7. The molecule has 2 nitrogen and oxygen atoms in total. The van der Waals surface area contributed by atoms with Gasteiger partial charge in [0.25, 0.3) is 0 Å². The summed E-state index contributed by atoms with van der Waals surface area (Å²) in [5.41, 5.74) is 7.34. The van der Waals surface area contributed by atoms with Gasteiger partial charge >= 0.3 is 0 Å². The van der Waals surface area contributed by atoms with Gasteiger partial charge in [-0.15, -0.1) is 0 Å². The summed E-state index contributed by atoms with van der Waals surface area (Å²) in [6.07, 6.45) is 0. The summed E-state index contributed by atoms with van der Waals surface area (Å²) >= 11 is 0.